The van der Waals surface area contributed by atoms with Crippen LogP contribution in [0.15, 0.2) is 59.6 Å². The molecule has 2 aromatic rings. The number of halogens is 1. The Morgan fingerprint density at radius 1 is 1.08 bits per heavy atom. The van der Waals surface area contributed by atoms with E-state index in [-0.39, 0.29) is 36.0 Å². The van der Waals surface area contributed by atoms with E-state index in [1.165, 1.54) is 11.1 Å². The van der Waals surface area contributed by atoms with Crippen LogP contribution in [0, 0.1) is 12.3 Å². The van der Waals surface area contributed by atoms with E-state index >= 15 is 0 Å². The highest BCUT2D eigenvalue weighted by Crippen LogP contribution is 2.44. The first-order valence-electron chi connectivity index (χ1n) is 8.46. The molecule has 0 unspecified atom stereocenters. The standard InChI is InChI=1S/C20H25N3O.HI/c1-16-7-9-17(10-8-16)13-21-19(22-14-20(15-24)11-12-20)23-18-5-3-2-4-6-18;/h2-10,24H,11-15H2,1H3,(H2,21,22,23);1H. The molecule has 0 aromatic heterocycles. The number of rotatable bonds is 6. The molecule has 0 bridgehead atoms. The largest absolute Gasteiger partial charge is 0.396 e. The van der Waals surface area contributed by atoms with Gasteiger partial charge in [-0.25, -0.2) is 4.99 Å². The number of aryl methyl sites for hydroxylation is 1. The fourth-order valence-corrected chi connectivity index (χ4v) is 2.50. The number of hydrogen-bond donors (Lipinski definition) is 3. The fraction of sp³-hybridized carbons (Fsp3) is 0.350. The maximum atomic E-state index is 9.49. The molecule has 1 fully saturated rings. The van der Waals surface area contributed by atoms with Crippen LogP contribution in [0.1, 0.15) is 24.0 Å². The molecule has 1 saturated carbocycles. The van der Waals surface area contributed by atoms with Gasteiger partial charge in [-0.2, -0.15) is 0 Å². The first-order chi connectivity index (χ1) is 11.7. The molecule has 3 rings (SSSR count). The number of aliphatic imine (C=N–C) groups is 1. The van der Waals surface area contributed by atoms with E-state index in [1.807, 2.05) is 30.3 Å². The number of nitrogens with one attached hydrogen (secondary N) is 2. The molecule has 0 atom stereocenters. The molecule has 0 heterocycles. The van der Waals surface area contributed by atoms with Crippen LogP contribution in [0.4, 0.5) is 5.69 Å². The molecule has 1 aliphatic carbocycles. The highest BCUT2D eigenvalue weighted by atomic mass is 127. The third-order valence-electron chi connectivity index (χ3n) is 4.50. The zero-order valence-corrected chi connectivity index (χ0v) is 16.9. The van der Waals surface area contributed by atoms with Crippen molar-refractivity contribution in [2.45, 2.75) is 26.3 Å². The fourth-order valence-electron chi connectivity index (χ4n) is 2.50. The van der Waals surface area contributed by atoms with E-state index in [0.717, 1.165) is 31.0 Å². The summed E-state index contributed by atoms with van der Waals surface area (Å²) in [6, 6.07) is 18.4. The summed E-state index contributed by atoms with van der Waals surface area (Å²) in [5.74, 6) is 0.751. The van der Waals surface area contributed by atoms with Crippen LogP contribution in [0.5, 0.6) is 0 Å². The minimum absolute atomic E-state index is 0. The van der Waals surface area contributed by atoms with E-state index in [2.05, 4.69) is 41.8 Å². The number of nitrogens with zero attached hydrogens (tertiary/aromatic N) is 1. The number of para-hydroxylation sites is 1. The topological polar surface area (TPSA) is 56.7 Å². The lowest BCUT2D eigenvalue weighted by Crippen LogP contribution is -2.36. The van der Waals surface area contributed by atoms with E-state index < -0.39 is 0 Å². The van der Waals surface area contributed by atoms with Crippen molar-refractivity contribution in [2.75, 3.05) is 18.5 Å². The minimum Gasteiger partial charge on any atom is -0.396 e. The summed E-state index contributed by atoms with van der Waals surface area (Å²) < 4.78 is 0. The van der Waals surface area contributed by atoms with Gasteiger partial charge in [-0.1, -0.05) is 48.0 Å². The van der Waals surface area contributed by atoms with Crippen LogP contribution in [0.2, 0.25) is 0 Å². The van der Waals surface area contributed by atoms with E-state index in [1.54, 1.807) is 0 Å². The van der Waals surface area contributed by atoms with Crippen molar-refractivity contribution in [1.29, 1.82) is 0 Å². The second-order valence-corrected chi connectivity index (χ2v) is 6.65. The second-order valence-electron chi connectivity index (χ2n) is 6.65. The molecule has 2 aromatic carbocycles. The summed E-state index contributed by atoms with van der Waals surface area (Å²) in [5, 5.41) is 16.2. The third-order valence-corrected chi connectivity index (χ3v) is 4.50. The van der Waals surface area contributed by atoms with Crippen molar-refractivity contribution in [1.82, 2.24) is 5.32 Å². The smallest absolute Gasteiger partial charge is 0.196 e. The van der Waals surface area contributed by atoms with E-state index in [4.69, 9.17) is 4.99 Å². The first kappa shape index (κ1) is 19.7. The Labute approximate surface area is 166 Å². The lowest BCUT2D eigenvalue weighted by atomic mass is 10.1. The van der Waals surface area contributed by atoms with Gasteiger partial charge in [0.25, 0.3) is 0 Å². The highest BCUT2D eigenvalue weighted by Gasteiger charge is 2.41. The van der Waals surface area contributed by atoms with Gasteiger partial charge in [0.05, 0.1) is 13.2 Å². The molecule has 0 saturated heterocycles. The number of hydrogen-bond acceptors (Lipinski definition) is 2. The van der Waals surface area contributed by atoms with Gasteiger partial charge in [0.1, 0.15) is 0 Å². The summed E-state index contributed by atoms with van der Waals surface area (Å²) >= 11 is 0. The Morgan fingerprint density at radius 3 is 2.36 bits per heavy atom. The van der Waals surface area contributed by atoms with Crippen molar-refractivity contribution in [3.05, 3.63) is 65.7 Å². The first-order valence-corrected chi connectivity index (χ1v) is 8.46. The summed E-state index contributed by atoms with van der Waals surface area (Å²) in [7, 11) is 0. The zero-order chi connectivity index (χ0) is 16.8. The van der Waals surface area contributed by atoms with E-state index in [0.29, 0.717) is 6.54 Å². The number of guanidine groups is 1. The second kappa shape index (κ2) is 9.20. The van der Waals surface area contributed by atoms with Gasteiger partial charge in [0.15, 0.2) is 5.96 Å². The number of aliphatic hydroxyl groups is 1. The van der Waals surface area contributed by atoms with Crippen LogP contribution < -0.4 is 10.6 Å². The molecule has 4 nitrogen and oxygen atoms in total. The molecule has 0 amide bonds. The maximum absolute atomic E-state index is 9.49. The van der Waals surface area contributed by atoms with Crippen LogP contribution in [0.25, 0.3) is 0 Å². The van der Waals surface area contributed by atoms with Gasteiger partial charge >= 0.3 is 0 Å². The maximum Gasteiger partial charge on any atom is 0.196 e. The average Bonchev–Trinajstić information content (AvgIpc) is 3.40. The van der Waals surface area contributed by atoms with E-state index in [9.17, 15) is 5.11 Å². The van der Waals surface area contributed by atoms with Gasteiger partial charge < -0.3 is 15.7 Å². The monoisotopic (exact) mass is 451 g/mol. The normalized spacial score (nSPS) is 15.2. The van der Waals surface area contributed by atoms with Gasteiger partial charge in [-0.15, -0.1) is 24.0 Å². The van der Waals surface area contributed by atoms with Gasteiger partial charge in [-0.05, 0) is 37.5 Å². The number of benzene rings is 2. The Kier molecular flexibility index (Phi) is 7.25. The van der Waals surface area contributed by atoms with Crippen LogP contribution >= 0.6 is 24.0 Å². The average molecular weight is 451 g/mol. The molecule has 0 radical (unpaired) electrons. The summed E-state index contributed by atoms with van der Waals surface area (Å²) in [5.41, 5.74) is 3.48. The molecule has 3 N–H and O–H groups in total. The van der Waals surface area contributed by atoms with Crippen LogP contribution in [-0.2, 0) is 6.54 Å². The molecular formula is C20H26IN3O. The number of aliphatic hydroxyl groups excluding tert-OH is 1. The summed E-state index contributed by atoms with van der Waals surface area (Å²) in [6.45, 7) is 3.68. The highest BCUT2D eigenvalue weighted by molar-refractivity contribution is 14.0. The van der Waals surface area contributed by atoms with Gasteiger partial charge in [0.2, 0.25) is 0 Å². The van der Waals surface area contributed by atoms with Crippen molar-refractivity contribution < 1.29 is 5.11 Å². The molecule has 134 valence electrons. The summed E-state index contributed by atoms with van der Waals surface area (Å²) in [4.78, 5) is 4.70. The lowest BCUT2D eigenvalue weighted by Gasteiger charge is -2.17. The predicted octanol–water partition coefficient (Wildman–Crippen LogP) is 3.94. The Balaban J connectivity index is 0.00000225. The molecule has 0 aliphatic heterocycles. The van der Waals surface area contributed by atoms with Crippen molar-refractivity contribution in [3.8, 4) is 0 Å². The van der Waals surface area contributed by atoms with Crippen molar-refractivity contribution in [2.24, 2.45) is 10.4 Å². The Hall–Kier alpha value is -1.60. The Morgan fingerprint density at radius 2 is 1.76 bits per heavy atom. The van der Waals surface area contributed by atoms with Crippen molar-refractivity contribution in [3.63, 3.8) is 0 Å². The Bertz CT molecular complexity index is 682. The quantitative estimate of drug-likeness (QED) is 0.354. The zero-order valence-electron chi connectivity index (χ0n) is 14.5. The van der Waals surface area contributed by atoms with Crippen molar-refractivity contribution >= 4 is 35.6 Å². The number of anilines is 1. The molecule has 0 spiro atoms. The SMILES string of the molecule is Cc1ccc(CN=C(NCC2(CO)CC2)Nc2ccccc2)cc1.I. The molecule has 25 heavy (non-hydrogen) atoms. The molecule has 5 heteroatoms. The molecular weight excluding hydrogens is 425 g/mol. The van der Waals surface area contributed by atoms with Gasteiger partial charge in [-0.3, -0.25) is 0 Å². The minimum atomic E-state index is 0. The van der Waals surface area contributed by atoms with Crippen LogP contribution in [0.3, 0.4) is 0 Å². The lowest BCUT2D eigenvalue weighted by molar-refractivity contribution is 0.212. The molecule has 1 aliphatic rings. The van der Waals surface area contributed by atoms with Crippen LogP contribution in [-0.4, -0.2) is 24.2 Å². The van der Waals surface area contributed by atoms with Gasteiger partial charge in [0, 0.05) is 17.6 Å². The summed E-state index contributed by atoms with van der Waals surface area (Å²) in [6.07, 6.45) is 2.15. The third kappa shape index (κ3) is 6.01. The predicted molar refractivity (Wildman–Crippen MR) is 115 cm³/mol.